The summed E-state index contributed by atoms with van der Waals surface area (Å²) in [6.07, 6.45) is 1.07. The third kappa shape index (κ3) is 3.30. The highest BCUT2D eigenvalue weighted by molar-refractivity contribution is 5.76. The van der Waals surface area contributed by atoms with Crippen LogP contribution in [0.3, 0.4) is 0 Å². The third-order valence-electron chi connectivity index (χ3n) is 3.66. The molecule has 1 fully saturated rings. The molecule has 20 heavy (non-hydrogen) atoms. The minimum Gasteiger partial charge on any atom is -0.430 e. The Labute approximate surface area is 121 Å². The lowest BCUT2D eigenvalue weighted by molar-refractivity contribution is -0.149. The Morgan fingerprint density at radius 2 is 1.75 bits per heavy atom. The summed E-state index contributed by atoms with van der Waals surface area (Å²) in [5.41, 5.74) is 1.98. The van der Waals surface area contributed by atoms with Gasteiger partial charge < -0.3 is 4.74 Å². The van der Waals surface area contributed by atoms with Crippen LogP contribution in [0.2, 0.25) is 0 Å². The number of allylic oxidation sites excluding steroid dienone is 2. The zero-order valence-corrected chi connectivity index (χ0v) is 13.1. The van der Waals surface area contributed by atoms with Gasteiger partial charge in [0, 0.05) is 5.92 Å². The molecule has 2 heteroatoms. The second kappa shape index (κ2) is 5.43. The van der Waals surface area contributed by atoms with Crippen molar-refractivity contribution < 1.29 is 9.53 Å². The van der Waals surface area contributed by atoms with Crippen molar-refractivity contribution in [2.45, 2.75) is 47.0 Å². The van der Waals surface area contributed by atoms with Gasteiger partial charge in [0.05, 0.1) is 5.41 Å². The molecule has 0 aliphatic heterocycles. The lowest BCUT2D eigenvalue weighted by Crippen LogP contribution is -2.23. The Morgan fingerprint density at radius 1 is 1.15 bits per heavy atom. The molecule has 0 bridgehead atoms. The maximum Gasteiger partial charge on any atom is 0.316 e. The predicted octanol–water partition coefficient (Wildman–Crippen LogP) is 4.67. The van der Waals surface area contributed by atoms with Crippen molar-refractivity contribution in [1.29, 1.82) is 0 Å². The van der Waals surface area contributed by atoms with Crippen LogP contribution >= 0.6 is 0 Å². The Morgan fingerprint density at radius 3 is 2.25 bits per heavy atom. The number of ether oxygens (including phenoxy) is 1. The van der Waals surface area contributed by atoms with E-state index in [4.69, 9.17) is 4.74 Å². The fourth-order valence-corrected chi connectivity index (χ4v) is 2.35. The van der Waals surface area contributed by atoms with Gasteiger partial charge in [0.25, 0.3) is 0 Å². The second-order valence-electron chi connectivity index (χ2n) is 6.86. The van der Waals surface area contributed by atoms with E-state index in [1.54, 1.807) is 0 Å². The minimum absolute atomic E-state index is 0.146. The quantitative estimate of drug-likeness (QED) is 0.590. The molecule has 1 aliphatic rings. The lowest BCUT2D eigenvalue weighted by Gasteiger charge is -2.19. The van der Waals surface area contributed by atoms with Crippen LogP contribution in [0.15, 0.2) is 41.7 Å². The highest BCUT2D eigenvalue weighted by Gasteiger charge is 2.44. The number of carbonyl (C=O) groups is 1. The summed E-state index contributed by atoms with van der Waals surface area (Å²) < 4.78 is 5.69. The van der Waals surface area contributed by atoms with E-state index in [1.807, 2.05) is 40.7 Å². The molecule has 2 atom stereocenters. The molecule has 1 aliphatic carbocycles. The van der Waals surface area contributed by atoms with Gasteiger partial charge in [-0.1, -0.05) is 30.3 Å². The third-order valence-corrected chi connectivity index (χ3v) is 3.66. The Kier molecular flexibility index (Phi) is 4.03. The molecule has 0 aromatic heterocycles. The number of hydrogen-bond acceptors (Lipinski definition) is 2. The summed E-state index contributed by atoms with van der Waals surface area (Å²) in [7, 11) is 0. The first-order chi connectivity index (χ1) is 9.30. The van der Waals surface area contributed by atoms with Gasteiger partial charge in [-0.15, -0.1) is 0 Å². The molecule has 0 heterocycles. The summed E-state index contributed by atoms with van der Waals surface area (Å²) in [4.78, 5) is 12.1. The fraction of sp³-hybridized carbons (Fsp3) is 0.500. The zero-order chi connectivity index (χ0) is 14.9. The standard InChI is InChI=1S/C18H24O2/c1-12(2)16(20-17(19)18(3,4)5)15-11-14(15)13-9-7-6-8-10-13/h6-10,14-15H,11H2,1-5H3/t14-,15-/m0/s1. The van der Waals surface area contributed by atoms with Crippen molar-refractivity contribution >= 4 is 5.97 Å². The zero-order valence-electron chi connectivity index (χ0n) is 13.1. The molecule has 0 N–H and O–H groups in total. The molecule has 108 valence electrons. The van der Waals surface area contributed by atoms with Gasteiger partial charge in [0.2, 0.25) is 0 Å². The van der Waals surface area contributed by atoms with Gasteiger partial charge in [-0.3, -0.25) is 4.79 Å². The van der Waals surface area contributed by atoms with E-state index in [0.717, 1.165) is 17.8 Å². The normalized spacial score (nSPS) is 21.2. The SMILES string of the molecule is CC(C)=C(OC(=O)C(C)(C)C)[C@H]1C[C@H]1c1ccccc1. The van der Waals surface area contributed by atoms with E-state index in [2.05, 4.69) is 24.3 Å². The van der Waals surface area contributed by atoms with Gasteiger partial charge in [-0.05, 0) is 58.1 Å². The van der Waals surface area contributed by atoms with Crippen LogP contribution in [-0.2, 0) is 9.53 Å². The molecule has 2 rings (SSSR count). The number of carbonyl (C=O) groups excluding carboxylic acids is 1. The van der Waals surface area contributed by atoms with E-state index in [1.165, 1.54) is 5.56 Å². The van der Waals surface area contributed by atoms with Crippen molar-refractivity contribution in [2.24, 2.45) is 11.3 Å². The maximum absolute atomic E-state index is 12.1. The molecule has 0 spiro atoms. The summed E-state index contributed by atoms with van der Waals surface area (Å²) in [6, 6.07) is 10.5. The highest BCUT2D eigenvalue weighted by Crippen LogP contribution is 2.53. The van der Waals surface area contributed by atoms with Crippen molar-refractivity contribution in [2.75, 3.05) is 0 Å². The molecular weight excluding hydrogens is 248 g/mol. The molecule has 0 radical (unpaired) electrons. The molecule has 1 saturated carbocycles. The monoisotopic (exact) mass is 272 g/mol. The van der Waals surface area contributed by atoms with E-state index in [9.17, 15) is 4.79 Å². The van der Waals surface area contributed by atoms with Crippen molar-refractivity contribution in [3.8, 4) is 0 Å². The molecule has 1 aromatic carbocycles. The van der Waals surface area contributed by atoms with Crippen LogP contribution in [-0.4, -0.2) is 5.97 Å². The molecule has 0 amide bonds. The highest BCUT2D eigenvalue weighted by atomic mass is 16.5. The molecule has 1 aromatic rings. The van der Waals surface area contributed by atoms with Gasteiger partial charge in [-0.25, -0.2) is 0 Å². The minimum atomic E-state index is -0.460. The van der Waals surface area contributed by atoms with E-state index < -0.39 is 5.41 Å². The van der Waals surface area contributed by atoms with Gasteiger partial charge >= 0.3 is 5.97 Å². The first-order valence-electron chi connectivity index (χ1n) is 7.25. The van der Waals surface area contributed by atoms with Crippen molar-refractivity contribution in [3.63, 3.8) is 0 Å². The van der Waals surface area contributed by atoms with Crippen LogP contribution in [0.25, 0.3) is 0 Å². The van der Waals surface area contributed by atoms with Crippen LogP contribution in [0.5, 0.6) is 0 Å². The summed E-state index contributed by atoms with van der Waals surface area (Å²) in [5, 5.41) is 0. The number of esters is 1. The van der Waals surface area contributed by atoms with Crippen molar-refractivity contribution in [1.82, 2.24) is 0 Å². The van der Waals surface area contributed by atoms with E-state index >= 15 is 0 Å². The number of hydrogen-bond donors (Lipinski definition) is 0. The molecular formula is C18H24O2. The van der Waals surface area contributed by atoms with Gasteiger partial charge in [0.1, 0.15) is 5.76 Å². The predicted molar refractivity (Wildman–Crippen MR) is 81.2 cm³/mol. The summed E-state index contributed by atoms with van der Waals surface area (Å²) in [6.45, 7) is 9.70. The first kappa shape index (κ1) is 14.8. The maximum atomic E-state index is 12.1. The largest absolute Gasteiger partial charge is 0.430 e. The summed E-state index contributed by atoms with van der Waals surface area (Å²) >= 11 is 0. The van der Waals surface area contributed by atoms with Crippen molar-refractivity contribution in [3.05, 3.63) is 47.2 Å². The average Bonchev–Trinajstić information content (AvgIpc) is 3.15. The average molecular weight is 272 g/mol. The second-order valence-corrected chi connectivity index (χ2v) is 6.86. The van der Waals surface area contributed by atoms with Crippen LogP contribution < -0.4 is 0 Å². The molecule has 0 saturated heterocycles. The van der Waals surface area contributed by atoms with Crippen LogP contribution in [0, 0.1) is 11.3 Å². The number of rotatable bonds is 3. The first-order valence-corrected chi connectivity index (χ1v) is 7.25. The lowest BCUT2D eigenvalue weighted by atomic mass is 9.97. The summed E-state index contributed by atoms with van der Waals surface area (Å²) in [5.74, 6) is 1.58. The van der Waals surface area contributed by atoms with Gasteiger partial charge in [0.15, 0.2) is 0 Å². The molecule has 0 unspecified atom stereocenters. The van der Waals surface area contributed by atoms with Gasteiger partial charge in [-0.2, -0.15) is 0 Å². The smallest absolute Gasteiger partial charge is 0.316 e. The van der Waals surface area contributed by atoms with Crippen LogP contribution in [0.4, 0.5) is 0 Å². The Hall–Kier alpha value is -1.57. The molecule has 2 nitrogen and oxygen atoms in total. The Bertz CT molecular complexity index is 516. The van der Waals surface area contributed by atoms with E-state index in [0.29, 0.717) is 11.8 Å². The topological polar surface area (TPSA) is 26.3 Å². The van der Waals surface area contributed by atoms with E-state index in [-0.39, 0.29) is 5.97 Å². The van der Waals surface area contributed by atoms with Crippen LogP contribution in [0.1, 0.15) is 52.5 Å². The number of benzene rings is 1. The Balaban J connectivity index is 2.11. The fourth-order valence-electron chi connectivity index (χ4n) is 2.35.